The number of H-pyrrole nitrogens is 2. The molecular formula is C26H20N8OS. The Labute approximate surface area is 209 Å². The predicted octanol–water partition coefficient (Wildman–Crippen LogP) is 5.43. The number of carbonyl (C=O) groups excluding carboxylic acids is 1. The number of thiophene rings is 1. The van der Waals surface area contributed by atoms with Crippen LogP contribution in [0.4, 0.5) is 5.69 Å². The van der Waals surface area contributed by atoms with E-state index in [9.17, 15) is 4.79 Å². The third kappa shape index (κ3) is 3.54. The number of nitrogens with zero attached hydrogens (tertiary/aromatic N) is 5. The maximum absolute atomic E-state index is 12.4. The molecule has 6 heterocycles. The molecule has 10 heteroatoms. The molecule has 176 valence electrons. The Morgan fingerprint density at radius 3 is 2.83 bits per heavy atom. The van der Waals surface area contributed by atoms with Crippen LogP contribution in [-0.2, 0) is 4.79 Å². The molecular weight excluding hydrogens is 472 g/mol. The van der Waals surface area contributed by atoms with E-state index in [-0.39, 0.29) is 11.8 Å². The Hall–Kier alpha value is -4.44. The minimum absolute atomic E-state index is 0.0574. The normalized spacial score (nSPS) is 13.8. The zero-order valence-electron chi connectivity index (χ0n) is 19.0. The number of aromatic nitrogens is 7. The summed E-state index contributed by atoms with van der Waals surface area (Å²) in [5, 5.41) is 13.5. The molecule has 0 atom stereocenters. The van der Waals surface area contributed by atoms with Gasteiger partial charge in [-0.25, -0.2) is 4.98 Å². The molecule has 1 amide bonds. The summed E-state index contributed by atoms with van der Waals surface area (Å²) in [6.07, 6.45) is 9.96. The van der Waals surface area contributed by atoms with E-state index in [4.69, 9.17) is 4.98 Å². The third-order valence-corrected chi connectivity index (χ3v) is 7.48. The number of rotatable bonds is 5. The van der Waals surface area contributed by atoms with Gasteiger partial charge in [0.25, 0.3) is 0 Å². The molecule has 1 aliphatic rings. The standard InChI is InChI=1S/C26H20N8OS/c35-26(14-3-1-4-14)30-16-9-15(11-27-12-16)19-10-17-20(13-29-19)33-34-22(17)25-31-18-6-7-28-24(23(18)32-25)21-5-2-8-36-21/h2,5-14H,1,3-4H2,(H,30,35)(H,31,32)(H,33,34). The monoisotopic (exact) mass is 492 g/mol. The predicted molar refractivity (Wildman–Crippen MR) is 139 cm³/mol. The number of aromatic amines is 2. The zero-order valence-corrected chi connectivity index (χ0v) is 19.8. The van der Waals surface area contributed by atoms with Crippen molar-refractivity contribution in [1.82, 2.24) is 35.1 Å². The Kier molecular flexibility index (Phi) is 4.84. The van der Waals surface area contributed by atoms with Crippen molar-refractivity contribution in [2.75, 3.05) is 5.32 Å². The van der Waals surface area contributed by atoms with Crippen molar-refractivity contribution < 1.29 is 4.79 Å². The maximum atomic E-state index is 12.4. The van der Waals surface area contributed by atoms with Crippen molar-refractivity contribution in [2.45, 2.75) is 19.3 Å². The maximum Gasteiger partial charge on any atom is 0.227 e. The van der Waals surface area contributed by atoms with E-state index in [1.165, 1.54) is 0 Å². The van der Waals surface area contributed by atoms with Crippen molar-refractivity contribution in [2.24, 2.45) is 5.92 Å². The van der Waals surface area contributed by atoms with E-state index < -0.39 is 0 Å². The molecule has 0 saturated heterocycles. The van der Waals surface area contributed by atoms with Crippen molar-refractivity contribution in [3.63, 3.8) is 0 Å². The van der Waals surface area contributed by atoms with Gasteiger partial charge in [-0.15, -0.1) is 11.3 Å². The Morgan fingerprint density at radius 1 is 1.06 bits per heavy atom. The molecule has 0 spiro atoms. The van der Waals surface area contributed by atoms with Crippen LogP contribution < -0.4 is 5.32 Å². The number of pyridine rings is 3. The summed E-state index contributed by atoms with van der Waals surface area (Å²) >= 11 is 1.63. The van der Waals surface area contributed by atoms with Gasteiger partial charge in [0.1, 0.15) is 16.9 Å². The van der Waals surface area contributed by atoms with E-state index in [0.717, 1.165) is 63.0 Å². The number of nitrogens with one attached hydrogen (secondary N) is 3. The van der Waals surface area contributed by atoms with Gasteiger partial charge in [-0.3, -0.25) is 24.8 Å². The number of hydrogen-bond donors (Lipinski definition) is 3. The summed E-state index contributed by atoms with van der Waals surface area (Å²) in [7, 11) is 0. The lowest BCUT2D eigenvalue weighted by atomic mass is 9.85. The van der Waals surface area contributed by atoms with Gasteiger partial charge in [-0.05, 0) is 42.5 Å². The number of carbonyl (C=O) groups is 1. The van der Waals surface area contributed by atoms with Crippen LogP contribution in [0.2, 0.25) is 0 Å². The summed E-state index contributed by atoms with van der Waals surface area (Å²) < 4.78 is 0. The smallest absolute Gasteiger partial charge is 0.227 e. The summed E-state index contributed by atoms with van der Waals surface area (Å²) in [4.78, 5) is 35.2. The Morgan fingerprint density at radius 2 is 2.00 bits per heavy atom. The van der Waals surface area contributed by atoms with Crippen molar-refractivity contribution in [1.29, 1.82) is 0 Å². The molecule has 3 N–H and O–H groups in total. The number of hydrogen-bond acceptors (Lipinski definition) is 7. The highest BCUT2D eigenvalue weighted by molar-refractivity contribution is 7.13. The lowest BCUT2D eigenvalue weighted by molar-refractivity contribution is -0.122. The molecule has 1 aliphatic carbocycles. The molecule has 0 aromatic carbocycles. The van der Waals surface area contributed by atoms with E-state index in [1.54, 1.807) is 36.1 Å². The first-order valence-electron chi connectivity index (χ1n) is 11.7. The molecule has 0 unspecified atom stereocenters. The average molecular weight is 493 g/mol. The molecule has 1 fully saturated rings. The molecule has 6 aromatic rings. The number of fused-ring (bicyclic) bond motifs is 2. The van der Waals surface area contributed by atoms with E-state index in [1.807, 2.05) is 35.7 Å². The van der Waals surface area contributed by atoms with Crippen LogP contribution in [-0.4, -0.2) is 41.0 Å². The van der Waals surface area contributed by atoms with Gasteiger partial charge in [0.05, 0.1) is 39.7 Å². The van der Waals surface area contributed by atoms with E-state index in [2.05, 4.69) is 35.5 Å². The highest BCUT2D eigenvalue weighted by Gasteiger charge is 2.25. The second-order valence-electron chi connectivity index (χ2n) is 8.89. The second-order valence-corrected chi connectivity index (χ2v) is 9.83. The quantitative estimate of drug-likeness (QED) is 0.295. The highest BCUT2D eigenvalue weighted by Crippen LogP contribution is 2.33. The minimum atomic E-state index is 0.0574. The van der Waals surface area contributed by atoms with Crippen molar-refractivity contribution in [3.05, 3.63) is 60.5 Å². The molecule has 6 aromatic heterocycles. The fraction of sp³-hybridized carbons (Fsp3) is 0.154. The van der Waals surface area contributed by atoms with Crippen LogP contribution >= 0.6 is 11.3 Å². The third-order valence-electron chi connectivity index (χ3n) is 6.60. The van der Waals surface area contributed by atoms with Crippen LogP contribution in [0.3, 0.4) is 0 Å². The topological polar surface area (TPSA) is 125 Å². The molecule has 0 bridgehead atoms. The van der Waals surface area contributed by atoms with E-state index >= 15 is 0 Å². The summed E-state index contributed by atoms with van der Waals surface area (Å²) in [5.74, 6) is 0.817. The first-order chi connectivity index (χ1) is 17.7. The molecule has 1 saturated carbocycles. The van der Waals surface area contributed by atoms with E-state index in [0.29, 0.717) is 17.2 Å². The minimum Gasteiger partial charge on any atom is -0.336 e. The lowest BCUT2D eigenvalue weighted by Crippen LogP contribution is -2.28. The second kappa shape index (κ2) is 8.35. The lowest BCUT2D eigenvalue weighted by Gasteiger charge is -2.24. The zero-order chi connectivity index (χ0) is 24.1. The summed E-state index contributed by atoms with van der Waals surface area (Å²) in [6, 6.07) is 9.83. The SMILES string of the molecule is O=C(Nc1cncc(-c2cc3c(-c4nc5c(-c6cccs6)nccc5[nH]4)n[nH]c3cn2)c1)C1CCC1. The largest absolute Gasteiger partial charge is 0.336 e. The molecule has 0 radical (unpaired) electrons. The van der Waals surface area contributed by atoms with Gasteiger partial charge in [0.15, 0.2) is 5.82 Å². The average Bonchev–Trinajstić information content (AvgIpc) is 3.61. The molecule has 7 rings (SSSR count). The van der Waals surface area contributed by atoms with Gasteiger partial charge < -0.3 is 10.3 Å². The Bertz CT molecular complexity index is 1730. The van der Waals surface area contributed by atoms with Crippen LogP contribution in [0.15, 0.2) is 60.5 Å². The van der Waals surface area contributed by atoms with Gasteiger partial charge in [0, 0.05) is 29.3 Å². The van der Waals surface area contributed by atoms with Gasteiger partial charge in [-0.2, -0.15) is 5.10 Å². The van der Waals surface area contributed by atoms with Gasteiger partial charge in [0.2, 0.25) is 5.91 Å². The molecule has 36 heavy (non-hydrogen) atoms. The first kappa shape index (κ1) is 20.9. The summed E-state index contributed by atoms with van der Waals surface area (Å²) in [5.41, 5.74) is 6.26. The molecule has 0 aliphatic heterocycles. The summed E-state index contributed by atoms with van der Waals surface area (Å²) in [6.45, 7) is 0. The fourth-order valence-corrected chi connectivity index (χ4v) is 5.18. The van der Waals surface area contributed by atoms with Crippen LogP contribution in [0.1, 0.15) is 19.3 Å². The molecule has 9 nitrogen and oxygen atoms in total. The number of imidazole rings is 1. The van der Waals surface area contributed by atoms with Crippen LogP contribution in [0.25, 0.3) is 55.3 Å². The van der Waals surface area contributed by atoms with Crippen molar-refractivity contribution >= 4 is 44.9 Å². The van der Waals surface area contributed by atoms with Crippen molar-refractivity contribution in [3.8, 4) is 33.3 Å². The number of anilines is 1. The van der Waals surface area contributed by atoms with Crippen LogP contribution in [0, 0.1) is 5.92 Å². The van der Waals surface area contributed by atoms with Crippen LogP contribution in [0.5, 0.6) is 0 Å². The first-order valence-corrected chi connectivity index (χ1v) is 12.6. The Balaban J connectivity index is 1.26. The fourth-order valence-electron chi connectivity index (χ4n) is 4.46. The van der Waals surface area contributed by atoms with Gasteiger partial charge in [-0.1, -0.05) is 12.5 Å². The number of amides is 1. The van der Waals surface area contributed by atoms with Gasteiger partial charge >= 0.3 is 0 Å². The highest BCUT2D eigenvalue weighted by atomic mass is 32.1.